The second-order valence-corrected chi connectivity index (χ2v) is 5.71. The van der Waals surface area contributed by atoms with Crippen molar-refractivity contribution in [2.45, 2.75) is 26.7 Å². The van der Waals surface area contributed by atoms with Crippen LogP contribution in [0.25, 0.3) is 0 Å². The van der Waals surface area contributed by atoms with Gasteiger partial charge in [0.05, 0.1) is 0 Å². The maximum absolute atomic E-state index is 6.41. The predicted octanol–water partition coefficient (Wildman–Crippen LogP) is 3.13. The van der Waals surface area contributed by atoms with Gasteiger partial charge in [-0.1, -0.05) is 12.1 Å². The summed E-state index contributed by atoms with van der Waals surface area (Å²) in [6.45, 7) is 7.06. The van der Waals surface area contributed by atoms with Crippen LogP contribution in [0.15, 0.2) is 30.6 Å². The van der Waals surface area contributed by atoms with Gasteiger partial charge in [0, 0.05) is 25.3 Å². The number of rotatable bonds is 4. The van der Waals surface area contributed by atoms with Crippen LogP contribution in [0.2, 0.25) is 0 Å². The van der Waals surface area contributed by atoms with Crippen molar-refractivity contribution in [2.75, 3.05) is 35.2 Å². The molecule has 0 atom stereocenters. The van der Waals surface area contributed by atoms with Gasteiger partial charge in [-0.3, -0.25) is 0 Å². The molecule has 1 aliphatic heterocycles. The van der Waals surface area contributed by atoms with Crippen molar-refractivity contribution >= 4 is 23.0 Å². The van der Waals surface area contributed by atoms with E-state index in [-0.39, 0.29) is 0 Å². The standard InChI is InChI=1S/C17H23N5/c1-3-22(14-8-6-7-13(2)11-14)17-15(18)16(19-12-20-17)21-9-4-5-10-21/h6-8,11-12H,3-5,9-10,18H2,1-2H3. The minimum atomic E-state index is 0.674. The average Bonchev–Trinajstić information content (AvgIpc) is 3.04. The van der Waals surface area contributed by atoms with E-state index >= 15 is 0 Å². The van der Waals surface area contributed by atoms with Crippen molar-refractivity contribution in [1.82, 2.24) is 9.97 Å². The number of hydrogen-bond donors (Lipinski definition) is 1. The predicted molar refractivity (Wildman–Crippen MR) is 91.8 cm³/mol. The zero-order valence-corrected chi connectivity index (χ0v) is 13.3. The van der Waals surface area contributed by atoms with Gasteiger partial charge in [0.15, 0.2) is 11.6 Å². The fourth-order valence-electron chi connectivity index (χ4n) is 3.02. The highest BCUT2D eigenvalue weighted by molar-refractivity contribution is 5.79. The van der Waals surface area contributed by atoms with Crippen LogP contribution < -0.4 is 15.5 Å². The van der Waals surface area contributed by atoms with Gasteiger partial charge in [-0.25, -0.2) is 9.97 Å². The van der Waals surface area contributed by atoms with E-state index in [2.05, 4.69) is 57.9 Å². The van der Waals surface area contributed by atoms with Crippen LogP contribution >= 0.6 is 0 Å². The van der Waals surface area contributed by atoms with Gasteiger partial charge in [0.25, 0.3) is 0 Å². The summed E-state index contributed by atoms with van der Waals surface area (Å²) in [7, 11) is 0. The third kappa shape index (κ3) is 2.71. The summed E-state index contributed by atoms with van der Waals surface area (Å²) >= 11 is 0. The highest BCUT2D eigenvalue weighted by Gasteiger charge is 2.21. The lowest BCUT2D eigenvalue weighted by molar-refractivity contribution is 0.917. The Morgan fingerprint density at radius 2 is 2.00 bits per heavy atom. The molecule has 2 heterocycles. The normalized spacial score (nSPS) is 14.4. The molecule has 22 heavy (non-hydrogen) atoms. The van der Waals surface area contributed by atoms with E-state index in [9.17, 15) is 0 Å². The Morgan fingerprint density at radius 3 is 2.68 bits per heavy atom. The summed E-state index contributed by atoms with van der Waals surface area (Å²) in [5, 5.41) is 0. The quantitative estimate of drug-likeness (QED) is 0.939. The third-order valence-electron chi connectivity index (χ3n) is 4.13. The van der Waals surface area contributed by atoms with Gasteiger partial charge in [0.1, 0.15) is 12.0 Å². The van der Waals surface area contributed by atoms with Gasteiger partial charge in [0.2, 0.25) is 0 Å². The van der Waals surface area contributed by atoms with E-state index in [0.29, 0.717) is 5.69 Å². The topological polar surface area (TPSA) is 58.3 Å². The Hall–Kier alpha value is -2.30. The Bertz CT molecular complexity index is 649. The Labute approximate surface area is 131 Å². The molecule has 0 radical (unpaired) electrons. The third-order valence-corrected chi connectivity index (χ3v) is 4.13. The number of anilines is 4. The van der Waals surface area contributed by atoms with Crippen molar-refractivity contribution in [3.63, 3.8) is 0 Å². The van der Waals surface area contributed by atoms with Crippen molar-refractivity contribution in [3.05, 3.63) is 36.2 Å². The molecule has 5 heteroatoms. The lowest BCUT2D eigenvalue weighted by Gasteiger charge is -2.26. The van der Waals surface area contributed by atoms with Crippen LogP contribution in [0.1, 0.15) is 25.3 Å². The lowest BCUT2D eigenvalue weighted by atomic mass is 10.2. The van der Waals surface area contributed by atoms with E-state index < -0.39 is 0 Å². The zero-order valence-electron chi connectivity index (χ0n) is 13.3. The highest BCUT2D eigenvalue weighted by Crippen LogP contribution is 2.34. The summed E-state index contributed by atoms with van der Waals surface area (Å²) in [6, 6.07) is 8.40. The first kappa shape index (κ1) is 14.6. The van der Waals surface area contributed by atoms with Crippen molar-refractivity contribution in [1.29, 1.82) is 0 Å². The number of hydrogen-bond acceptors (Lipinski definition) is 5. The fourth-order valence-corrected chi connectivity index (χ4v) is 3.02. The fraction of sp³-hybridized carbons (Fsp3) is 0.412. The molecular formula is C17H23N5. The molecule has 0 spiro atoms. The van der Waals surface area contributed by atoms with Crippen LogP contribution in [0.3, 0.4) is 0 Å². The SMILES string of the molecule is CCN(c1cccc(C)c1)c1ncnc(N2CCCC2)c1N. The second-order valence-electron chi connectivity index (χ2n) is 5.71. The van der Waals surface area contributed by atoms with Crippen molar-refractivity contribution in [2.24, 2.45) is 0 Å². The second kappa shape index (κ2) is 6.22. The first-order chi connectivity index (χ1) is 10.7. The summed E-state index contributed by atoms with van der Waals surface area (Å²) in [6.07, 6.45) is 4.03. The van der Waals surface area contributed by atoms with Crippen LogP contribution in [0.5, 0.6) is 0 Å². The molecule has 0 unspecified atom stereocenters. The summed E-state index contributed by atoms with van der Waals surface area (Å²) in [4.78, 5) is 13.3. The van der Waals surface area contributed by atoms with E-state index in [4.69, 9.17) is 5.73 Å². The molecule has 3 rings (SSSR count). The molecule has 2 N–H and O–H groups in total. The first-order valence-electron chi connectivity index (χ1n) is 7.90. The molecule has 1 aromatic heterocycles. The van der Waals surface area contributed by atoms with Crippen LogP contribution in [0, 0.1) is 6.92 Å². The largest absolute Gasteiger partial charge is 0.393 e. The van der Waals surface area contributed by atoms with Crippen molar-refractivity contribution < 1.29 is 0 Å². The molecular weight excluding hydrogens is 274 g/mol. The van der Waals surface area contributed by atoms with Gasteiger partial charge >= 0.3 is 0 Å². The minimum Gasteiger partial charge on any atom is -0.393 e. The number of nitrogens with two attached hydrogens (primary N) is 1. The molecule has 1 saturated heterocycles. The maximum Gasteiger partial charge on any atom is 0.161 e. The molecule has 5 nitrogen and oxygen atoms in total. The molecule has 0 saturated carbocycles. The number of benzene rings is 1. The molecule has 116 valence electrons. The van der Waals surface area contributed by atoms with Gasteiger partial charge in [-0.15, -0.1) is 0 Å². The number of aromatic nitrogens is 2. The Balaban J connectivity index is 2.00. The van der Waals surface area contributed by atoms with Crippen LogP contribution in [-0.4, -0.2) is 29.6 Å². The summed E-state index contributed by atoms with van der Waals surface area (Å²) in [5.41, 5.74) is 9.42. The first-order valence-corrected chi connectivity index (χ1v) is 7.90. The smallest absolute Gasteiger partial charge is 0.161 e. The van der Waals surface area contributed by atoms with E-state index in [1.54, 1.807) is 6.33 Å². The molecule has 1 fully saturated rings. The average molecular weight is 297 g/mol. The number of aryl methyl sites for hydroxylation is 1. The zero-order chi connectivity index (χ0) is 15.5. The summed E-state index contributed by atoms with van der Waals surface area (Å²) < 4.78 is 0. The summed E-state index contributed by atoms with van der Waals surface area (Å²) in [5.74, 6) is 1.67. The van der Waals surface area contributed by atoms with E-state index in [0.717, 1.165) is 37.0 Å². The molecule has 0 bridgehead atoms. The maximum atomic E-state index is 6.41. The Kier molecular flexibility index (Phi) is 4.13. The monoisotopic (exact) mass is 297 g/mol. The highest BCUT2D eigenvalue weighted by atomic mass is 15.3. The Morgan fingerprint density at radius 1 is 1.23 bits per heavy atom. The molecule has 1 aliphatic rings. The number of nitrogen functional groups attached to an aromatic ring is 1. The molecule has 0 amide bonds. The van der Waals surface area contributed by atoms with E-state index in [1.165, 1.54) is 18.4 Å². The van der Waals surface area contributed by atoms with Crippen LogP contribution in [-0.2, 0) is 0 Å². The lowest BCUT2D eigenvalue weighted by Crippen LogP contribution is -2.24. The van der Waals surface area contributed by atoms with E-state index in [1.807, 2.05) is 0 Å². The van der Waals surface area contributed by atoms with Gasteiger partial charge < -0.3 is 15.5 Å². The van der Waals surface area contributed by atoms with Crippen LogP contribution in [0.4, 0.5) is 23.0 Å². The van der Waals surface area contributed by atoms with Gasteiger partial charge in [-0.2, -0.15) is 0 Å². The molecule has 0 aliphatic carbocycles. The molecule has 2 aromatic rings. The van der Waals surface area contributed by atoms with Gasteiger partial charge in [-0.05, 0) is 44.4 Å². The number of nitrogens with zero attached hydrogens (tertiary/aromatic N) is 4. The van der Waals surface area contributed by atoms with Crippen molar-refractivity contribution in [3.8, 4) is 0 Å². The minimum absolute atomic E-state index is 0.674. The molecule has 1 aromatic carbocycles.